The van der Waals surface area contributed by atoms with Crippen LogP contribution in [0.3, 0.4) is 0 Å². The standard InChI is InChI=1S/C13H25ClN2O/c1-3-4-5-6-7-8-9-13-15-12(14)10-16(13)11(2)17/h11-12,17H,3-10H2,1-2H3. The lowest BCUT2D eigenvalue weighted by Gasteiger charge is -2.23. The second-order valence-corrected chi connectivity index (χ2v) is 5.29. The van der Waals surface area contributed by atoms with Gasteiger partial charge >= 0.3 is 0 Å². The van der Waals surface area contributed by atoms with Crippen LogP contribution in [0, 0.1) is 0 Å². The molecule has 0 amide bonds. The van der Waals surface area contributed by atoms with Gasteiger partial charge in [-0.3, -0.25) is 4.99 Å². The highest BCUT2D eigenvalue weighted by Gasteiger charge is 2.25. The Morgan fingerprint density at radius 2 is 2.00 bits per heavy atom. The number of amidine groups is 1. The maximum atomic E-state index is 9.60. The van der Waals surface area contributed by atoms with E-state index in [4.69, 9.17) is 11.6 Å². The number of rotatable bonds is 8. The molecule has 2 atom stereocenters. The first-order chi connectivity index (χ1) is 8.15. The molecule has 0 spiro atoms. The van der Waals surface area contributed by atoms with Gasteiger partial charge in [-0.25, -0.2) is 0 Å². The first-order valence-electron chi connectivity index (χ1n) is 6.80. The minimum absolute atomic E-state index is 0.181. The van der Waals surface area contributed by atoms with Gasteiger partial charge in [0.25, 0.3) is 0 Å². The van der Waals surface area contributed by atoms with E-state index in [-0.39, 0.29) is 5.50 Å². The number of alkyl halides is 1. The third-order valence-electron chi connectivity index (χ3n) is 3.17. The Kier molecular flexibility index (Phi) is 6.90. The lowest BCUT2D eigenvalue weighted by Crippen LogP contribution is -2.36. The van der Waals surface area contributed by atoms with E-state index in [9.17, 15) is 5.11 Å². The Bertz CT molecular complexity index is 244. The summed E-state index contributed by atoms with van der Waals surface area (Å²) < 4.78 is 0. The monoisotopic (exact) mass is 260 g/mol. The summed E-state index contributed by atoms with van der Waals surface area (Å²) in [7, 11) is 0. The summed E-state index contributed by atoms with van der Waals surface area (Å²) in [6.45, 7) is 4.64. The lowest BCUT2D eigenvalue weighted by molar-refractivity contribution is 0.0754. The molecule has 3 nitrogen and oxygen atoms in total. The molecule has 0 bridgehead atoms. The Morgan fingerprint density at radius 3 is 2.65 bits per heavy atom. The Labute approximate surface area is 110 Å². The molecule has 0 saturated heterocycles. The highest BCUT2D eigenvalue weighted by atomic mass is 35.5. The molecule has 1 N–H and O–H groups in total. The molecule has 0 aliphatic carbocycles. The van der Waals surface area contributed by atoms with Gasteiger partial charge < -0.3 is 10.0 Å². The maximum absolute atomic E-state index is 9.60. The van der Waals surface area contributed by atoms with Gasteiger partial charge in [0.05, 0.1) is 6.54 Å². The van der Waals surface area contributed by atoms with E-state index in [1.807, 2.05) is 4.90 Å². The van der Waals surface area contributed by atoms with Gasteiger partial charge in [0.2, 0.25) is 0 Å². The average molecular weight is 261 g/mol. The zero-order valence-electron chi connectivity index (χ0n) is 11.0. The minimum Gasteiger partial charge on any atom is -0.374 e. The molecular weight excluding hydrogens is 236 g/mol. The fourth-order valence-corrected chi connectivity index (χ4v) is 2.45. The smallest absolute Gasteiger partial charge is 0.143 e. The third kappa shape index (κ3) is 5.26. The van der Waals surface area contributed by atoms with Crippen LogP contribution in [-0.4, -0.2) is 34.1 Å². The summed E-state index contributed by atoms with van der Waals surface area (Å²) in [6, 6.07) is 0. The summed E-state index contributed by atoms with van der Waals surface area (Å²) >= 11 is 5.99. The summed E-state index contributed by atoms with van der Waals surface area (Å²) in [4.78, 5) is 6.28. The quantitative estimate of drug-likeness (QED) is 0.413. The number of nitrogens with zero attached hydrogens (tertiary/aromatic N) is 2. The average Bonchev–Trinajstić information content (AvgIpc) is 2.65. The molecule has 1 heterocycles. The molecule has 0 saturated carbocycles. The molecule has 1 rings (SSSR count). The van der Waals surface area contributed by atoms with Crippen LogP contribution in [0.4, 0.5) is 0 Å². The minimum atomic E-state index is -0.474. The van der Waals surface area contributed by atoms with E-state index in [0.717, 1.165) is 18.7 Å². The molecule has 0 fully saturated rings. The van der Waals surface area contributed by atoms with E-state index in [1.165, 1.54) is 32.1 Å². The van der Waals surface area contributed by atoms with Crippen molar-refractivity contribution < 1.29 is 5.11 Å². The van der Waals surface area contributed by atoms with Crippen LogP contribution in [-0.2, 0) is 0 Å². The van der Waals surface area contributed by atoms with Crippen molar-refractivity contribution in [3.63, 3.8) is 0 Å². The molecule has 2 unspecified atom stereocenters. The first kappa shape index (κ1) is 14.8. The van der Waals surface area contributed by atoms with Crippen molar-refractivity contribution in [2.75, 3.05) is 6.54 Å². The second kappa shape index (κ2) is 7.93. The Morgan fingerprint density at radius 1 is 1.35 bits per heavy atom. The molecule has 100 valence electrons. The van der Waals surface area contributed by atoms with E-state index in [0.29, 0.717) is 6.54 Å². The summed E-state index contributed by atoms with van der Waals surface area (Å²) in [5.41, 5.74) is -0.181. The van der Waals surface area contributed by atoms with Crippen LogP contribution in [0.5, 0.6) is 0 Å². The zero-order chi connectivity index (χ0) is 12.7. The van der Waals surface area contributed by atoms with Gasteiger partial charge in [-0.05, 0) is 13.3 Å². The molecule has 4 heteroatoms. The molecule has 0 aromatic rings. The van der Waals surface area contributed by atoms with Crippen molar-refractivity contribution in [1.82, 2.24) is 4.90 Å². The number of unbranched alkanes of at least 4 members (excludes halogenated alkanes) is 5. The van der Waals surface area contributed by atoms with E-state index < -0.39 is 6.23 Å². The number of aliphatic hydroxyl groups excluding tert-OH is 1. The van der Waals surface area contributed by atoms with Crippen LogP contribution >= 0.6 is 11.6 Å². The third-order valence-corrected chi connectivity index (χ3v) is 3.41. The van der Waals surface area contributed by atoms with Gasteiger partial charge in [0.1, 0.15) is 17.6 Å². The van der Waals surface area contributed by atoms with Gasteiger partial charge in [0.15, 0.2) is 0 Å². The number of halogens is 1. The highest BCUT2D eigenvalue weighted by molar-refractivity contribution is 6.22. The molecule has 0 aromatic heterocycles. The van der Waals surface area contributed by atoms with Crippen LogP contribution in [0.2, 0.25) is 0 Å². The van der Waals surface area contributed by atoms with Gasteiger partial charge in [-0.1, -0.05) is 50.6 Å². The van der Waals surface area contributed by atoms with Crippen LogP contribution < -0.4 is 0 Å². The number of aliphatic hydroxyl groups is 1. The van der Waals surface area contributed by atoms with Crippen LogP contribution in [0.1, 0.15) is 58.8 Å². The van der Waals surface area contributed by atoms with E-state index in [2.05, 4.69) is 11.9 Å². The second-order valence-electron chi connectivity index (χ2n) is 4.78. The molecule has 0 radical (unpaired) electrons. The van der Waals surface area contributed by atoms with Crippen molar-refractivity contribution in [1.29, 1.82) is 0 Å². The van der Waals surface area contributed by atoms with Crippen molar-refractivity contribution in [2.45, 2.75) is 70.5 Å². The normalized spacial score (nSPS) is 21.8. The van der Waals surface area contributed by atoms with E-state index >= 15 is 0 Å². The molecule has 17 heavy (non-hydrogen) atoms. The lowest BCUT2D eigenvalue weighted by atomic mass is 10.1. The molecule has 0 aromatic carbocycles. The largest absolute Gasteiger partial charge is 0.374 e. The van der Waals surface area contributed by atoms with Gasteiger partial charge in [-0.2, -0.15) is 0 Å². The Balaban J connectivity index is 2.19. The zero-order valence-corrected chi connectivity index (χ0v) is 11.8. The summed E-state index contributed by atoms with van der Waals surface area (Å²) in [5, 5.41) is 9.60. The maximum Gasteiger partial charge on any atom is 0.143 e. The SMILES string of the molecule is CCCCCCCCC1=NC(Cl)CN1C(C)O. The first-order valence-corrected chi connectivity index (χ1v) is 7.24. The highest BCUT2D eigenvalue weighted by Crippen LogP contribution is 2.18. The van der Waals surface area contributed by atoms with Crippen molar-refractivity contribution in [3.05, 3.63) is 0 Å². The fraction of sp³-hybridized carbons (Fsp3) is 0.923. The molecular formula is C13H25ClN2O. The fourth-order valence-electron chi connectivity index (χ4n) is 2.18. The summed E-state index contributed by atoms with van der Waals surface area (Å²) in [5.74, 6) is 0.982. The van der Waals surface area contributed by atoms with Crippen LogP contribution in [0.25, 0.3) is 0 Å². The van der Waals surface area contributed by atoms with E-state index in [1.54, 1.807) is 6.92 Å². The number of hydrogen-bond donors (Lipinski definition) is 1. The predicted molar refractivity (Wildman–Crippen MR) is 73.5 cm³/mol. The number of aliphatic imine (C=N–C) groups is 1. The van der Waals surface area contributed by atoms with Crippen molar-refractivity contribution in [3.8, 4) is 0 Å². The molecule has 1 aliphatic heterocycles. The molecule has 1 aliphatic rings. The Hall–Kier alpha value is -0.280. The van der Waals surface area contributed by atoms with Gasteiger partial charge in [-0.15, -0.1) is 0 Å². The van der Waals surface area contributed by atoms with Crippen molar-refractivity contribution >= 4 is 17.4 Å². The number of hydrogen-bond acceptors (Lipinski definition) is 3. The van der Waals surface area contributed by atoms with Crippen molar-refractivity contribution in [2.24, 2.45) is 4.99 Å². The predicted octanol–water partition coefficient (Wildman–Crippen LogP) is 3.35. The van der Waals surface area contributed by atoms with Gasteiger partial charge in [0, 0.05) is 6.42 Å². The summed E-state index contributed by atoms with van der Waals surface area (Å²) in [6.07, 6.45) is 8.13. The topological polar surface area (TPSA) is 35.8 Å². The van der Waals surface area contributed by atoms with Crippen LogP contribution in [0.15, 0.2) is 4.99 Å².